The molecule has 2 nitrogen and oxygen atoms in total. The van der Waals surface area contributed by atoms with Crippen molar-refractivity contribution in [2.24, 2.45) is 5.92 Å². The van der Waals surface area contributed by atoms with Crippen molar-refractivity contribution in [3.63, 3.8) is 0 Å². The number of hydrogen-bond acceptors (Lipinski definition) is 2. The van der Waals surface area contributed by atoms with E-state index in [1.807, 2.05) is 13.8 Å². The molecule has 0 radical (unpaired) electrons. The molecule has 1 unspecified atom stereocenters. The SMILES string of the molecule is CCC(C)[C@@H](c1ccc(F)c(C(F)(F)F)c1)N1CCNCC1. The van der Waals surface area contributed by atoms with Gasteiger partial charge in [0.15, 0.2) is 0 Å². The molecule has 6 heteroatoms. The zero-order chi connectivity index (χ0) is 16.3. The summed E-state index contributed by atoms with van der Waals surface area (Å²) in [6.45, 7) is 7.26. The largest absolute Gasteiger partial charge is 0.419 e. The van der Waals surface area contributed by atoms with E-state index in [2.05, 4.69) is 10.2 Å². The maximum atomic E-state index is 13.5. The van der Waals surface area contributed by atoms with Crippen LogP contribution < -0.4 is 5.32 Å². The van der Waals surface area contributed by atoms with Crippen LogP contribution in [0.5, 0.6) is 0 Å². The quantitative estimate of drug-likeness (QED) is 0.849. The van der Waals surface area contributed by atoms with E-state index >= 15 is 0 Å². The third kappa shape index (κ3) is 3.79. The number of alkyl halides is 3. The van der Waals surface area contributed by atoms with Crippen LogP contribution >= 0.6 is 0 Å². The van der Waals surface area contributed by atoms with E-state index < -0.39 is 17.6 Å². The van der Waals surface area contributed by atoms with Crippen LogP contribution in [0.2, 0.25) is 0 Å². The fourth-order valence-corrected chi connectivity index (χ4v) is 3.03. The van der Waals surface area contributed by atoms with Crippen LogP contribution in [0.15, 0.2) is 18.2 Å². The number of halogens is 4. The van der Waals surface area contributed by atoms with Crippen LogP contribution in [0.4, 0.5) is 17.6 Å². The topological polar surface area (TPSA) is 15.3 Å². The maximum absolute atomic E-state index is 13.5. The fourth-order valence-electron chi connectivity index (χ4n) is 3.03. The van der Waals surface area contributed by atoms with Gasteiger partial charge in [-0.1, -0.05) is 26.3 Å². The second-order valence-corrected chi connectivity index (χ2v) is 5.85. The van der Waals surface area contributed by atoms with Gasteiger partial charge in [-0.25, -0.2) is 4.39 Å². The Morgan fingerprint density at radius 2 is 1.86 bits per heavy atom. The summed E-state index contributed by atoms with van der Waals surface area (Å²) in [5.74, 6) is -1.01. The van der Waals surface area contributed by atoms with Gasteiger partial charge in [-0.2, -0.15) is 13.2 Å². The van der Waals surface area contributed by atoms with E-state index in [4.69, 9.17) is 0 Å². The Kier molecular flexibility index (Phi) is 5.45. The molecule has 1 aromatic rings. The number of hydrogen-bond donors (Lipinski definition) is 1. The van der Waals surface area contributed by atoms with E-state index in [0.717, 1.165) is 44.7 Å². The second-order valence-electron chi connectivity index (χ2n) is 5.85. The van der Waals surface area contributed by atoms with Crippen LogP contribution in [0, 0.1) is 11.7 Å². The normalized spacial score (nSPS) is 19.9. The molecule has 1 aliphatic rings. The molecule has 1 saturated heterocycles. The summed E-state index contributed by atoms with van der Waals surface area (Å²) in [7, 11) is 0. The van der Waals surface area contributed by atoms with Gasteiger partial charge in [-0.05, 0) is 23.6 Å². The Labute approximate surface area is 128 Å². The average Bonchev–Trinajstić information content (AvgIpc) is 2.49. The van der Waals surface area contributed by atoms with E-state index in [1.54, 1.807) is 0 Å². The van der Waals surface area contributed by atoms with Gasteiger partial charge >= 0.3 is 6.18 Å². The minimum Gasteiger partial charge on any atom is -0.314 e. The van der Waals surface area contributed by atoms with Gasteiger partial charge in [0.05, 0.1) is 5.56 Å². The van der Waals surface area contributed by atoms with Crippen molar-refractivity contribution in [3.8, 4) is 0 Å². The molecule has 1 fully saturated rings. The number of rotatable bonds is 4. The van der Waals surface area contributed by atoms with Crippen molar-refractivity contribution in [2.45, 2.75) is 32.5 Å². The Morgan fingerprint density at radius 3 is 2.41 bits per heavy atom. The zero-order valence-electron chi connectivity index (χ0n) is 12.9. The summed E-state index contributed by atoms with van der Waals surface area (Å²) < 4.78 is 52.4. The monoisotopic (exact) mass is 318 g/mol. The lowest BCUT2D eigenvalue weighted by Crippen LogP contribution is -2.46. The summed E-state index contributed by atoms with van der Waals surface area (Å²) in [4.78, 5) is 2.19. The number of benzene rings is 1. The Morgan fingerprint density at radius 1 is 1.23 bits per heavy atom. The summed E-state index contributed by atoms with van der Waals surface area (Å²) in [6.07, 6.45) is -3.81. The Balaban J connectivity index is 2.39. The summed E-state index contributed by atoms with van der Waals surface area (Å²) in [6, 6.07) is 3.29. The predicted octanol–water partition coefficient (Wildman–Crippen LogP) is 3.84. The molecule has 124 valence electrons. The Bertz CT molecular complexity index is 495. The lowest BCUT2D eigenvalue weighted by Gasteiger charge is -2.38. The standard InChI is InChI=1S/C16H22F4N2/c1-3-11(2)15(22-8-6-21-7-9-22)12-4-5-14(17)13(10-12)16(18,19)20/h4-5,10-11,15,21H,3,6-9H2,1-2H3/t11?,15-/m0/s1. The van der Waals surface area contributed by atoms with Gasteiger partial charge in [0.2, 0.25) is 0 Å². The molecule has 1 heterocycles. The van der Waals surface area contributed by atoms with Crippen molar-refractivity contribution in [1.82, 2.24) is 10.2 Å². The first kappa shape index (κ1) is 17.2. The molecule has 22 heavy (non-hydrogen) atoms. The molecule has 0 bridgehead atoms. The lowest BCUT2D eigenvalue weighted by atomic mass is 9.89. The summed E-state index contributed by atoms with van der Waals surface area (Å²) >= 11 is 0. The van der Waals surface area contributed by atoms with Gasteiger partial charge in [-0.15, -0.1) is 0 Å². The first-order valence-corrected chi connectivity index (χ1v) is 7.66. The average molecular weight is 318 g/mol. The van der Waals surface area contributed by atoms with Crippen molar-refractivity contribution in [3.05, 3.63) is 35.1 Å². The van der Waals surface area contributed by atoms with E-state index in [9.17, 15) is 17.6 Å². The van der Waals surface area contributed by atoms with Crippen molar-refractivity contribution >= 4 is 0 Å². The van der Waals surface area contributed by atoms with E-state index in [1.165, 1.54) is 6.07 Å². The maximum Gasteiger partial charge on any atom is 0.419 e. The highest BCUT2D eigenvalue weighted by Gasteiger charge is 2.36. The number of piperazine rings is 1. The minimum absolute atomic E-state index is 0.117. The van der Waals surface area contributed by atoms with Crippen molar-refractivity contribution < 1.29 is 17.6 Å². The smallest absolute Gasteiger partial charge is 0.314 e. The molecule has 1 N–H and O–H groups in total. The van der Waals surface area contributed by atoms with Gasteiger partial charge in [0.1, 0.15) is 5.82 Å². The molecular formula is C16H22F4N2. The van der Waals surface area contributed by atoms with Gasteiger partial charge < -0.3 is 5.32 Å². The van der Waals surface area contributed by atoms with E-state index in [-0.39, 0.29) is 12.0 Å². The van der Waals surface area contributed by atoms with Crippen LogP contribution in [-0.2, 0) is 6.18 Å². The molecular weight excluding hydrogens is 296 g/mol. The third-order valence-electron chi connectivity index (χ3n) is 4.37. The van der Waals surface area contributed by atoms with Gasteiger partial charge in [0.25, 0.3) is 0 Å². The molecule has 1 aromatic carbocycles. The zero-order valence-corrected chi connectivity index (χ0v) is 12.9. The van der Waals surface area contributed by atoms with Crippen LogP contribution in [0.25, 0.3) is 0 Å². The van der Waals surface area contributed by atoms with Crippen molar-refractivity contribution in [1.29, 1.82) is 0 Å². The minimum atomic E-state index is -4.66. The first-order chi connectivity index (χ1) is 10.3. The highest BCUT2D eigenvalue weighted by atomic mass is 19.4. The van der Waals surface area contributed by atoms with Gasteiger partial charge in [0, 0.05) is 32.2 Å². The molecule has 2 rings (SSSR count). The molecule has 2 atom stereocenters. The molecule has 0 aromatic heterocycles. The molecule has 1 aliphatic heterocycles. The van der Waals surface area contributed by atoms with Gasteiger partial charge in [-0.3, -0.25) is 4.90 Å². The van der Waals surface area contributed by atoms with Crippen LogP contribution in [-0.4, -0.2) is 31.1 Å². The molecule has 0 aliphatic carbocycles. The molecule has 0 amide bonds. The highest BCUT2D eigenvalue weighted by molar-refractivity contribution is 5.30. The molecule has 0 spiro atoms. The number of nitrogens with one attached hydrogen (secondary N) is 1. The lowest BCUT2D eigenvalue weighted by molar-refractivity contribution is -0.140. The summed E-state index contributed by atoms with van der Waals surface area (Å²) in [5, 5.41) is 3.24. The number of nitrogens with zero attached hydrogens (tertiary/aromatic N) is 1. The van der Waals surface area contributed by atoms with Crippen LogP contribution in [0.3, 0.4) is 0 Å². The highest BCUT2D eigenvalue weighted by Crippen LogP contribution is 2.36. The summed E-state index contributed by atoms with van der Waals surface area (Å²) in [5.41, 5.74) is -0.626. The second kappa shape index (κ2) is 6.96. The Hall–Kier alpha value is -1.14. The predicted molar refractivity (Wildman–Crippen MR) is 78.0 cm³/mol. The van der Waals surface area contributed by atoms with E-state index in [0.29, 0.717) is 5.56 Å². The van der Waals surface area contributed by atoms with Crippen LogP contribution in [0.1, 0.15) is 37.4 Å². The van der Waals surface area contributed by atoms with Crippen molar-refractivity contribution in [2.75, 3.05) is 26.2 Å². The first-order valence-electron chi connectivity index (χ1n) is 7.66. The third-order valence-corrected chi connectivity index (χ3v) is 4.37. The fraction of sp³-hybridized carbons (Fsp3) is 0.625. The molecule has 0 saturated carbocycles.